The molecule has 1 N–H and O–H groups in total. The van der Waals surface area contributed by atoms with Crippen molar-refractivity contribution in [2.75, 3.05) is 14.2 Å². The molecule has 0 aliphatic heterocycles. The molecule has 5 heteroatoms. The lowest BCUT2D eigenvalue weighted by molar-refractivity contribution is -0.127. The molecule has 0 aliphatic rings. The zero-order valence-electron chi connectivity index (χ0n) is 15.4. The van der Waals surface area contributed by atoms with E-state index in [9.17, 15) is 4.79 Å². The van der Waals surface area contributed by atoms with Gasteiger partial charge in [-0.3, -0.25) is 4.79 Å². The van der Waals surface area contributed by atoms with Crippen LogP contribution < -0.4 is 19.5 Å². The number of carbonyl (C=O) groups is 1. The van der Waals surface area contributed by atoms with Crippen molar-refractivity contribution in [3.8, 4) is 17.2 Å². The smallest absolute Gasteiger partial charge is 0.261 e. The van der Waals surface area contributed by atoms with Crippen LogP contribution in [0.25, 0.3) is 0 Å². The van der Waals surface area contributed by atoms with Crippen molar-refractivity contribution < 1.29 is 19.0 Å². The van der Waals surface area contributed by atoms with E-state index in [0.29, 0.717) is 18.0 Å². The number of hydrogen-bond acceptors (Lipinski definition) is 4. The van der Waals surface area contributed by atoms with Crippen LogP contribution in [0.15, 0.2) is 36.4 Å². The first-order chi connectivity index (χ1) is 11.9. The zero-order chi connectivity index (χ0) is 18.4. The van der Waals surface area contributed by atoms with Gasteiger partial charge in [0.1, 0.15) is 5.75 Å². The minimum Gasteiger partial charge on any atom is -0.493 e. The number of aryl methyl sites for hydroxylation is 2. The first-order valence-corrected chi connectivity index (χ1v) is 8.17. The average molecular weight is 343 g/mol. The minimum absolute atomic E-state index is 0.171. The van der Waals surface area contributed by atoms with Gasteiger partial charge in [0, 0.05) is 6.54 Å². The maximum atomic E-state index is 12.3. The Balaban J connectivity index is 1.96. The van der Waals surface area contributed by atoms with Gasteiger partial charge in [0.05, 0.1) is 14.2 Å². The molecule has 0 fully saturated rings. The Morgan fingerprint density at radius 1 is 1.00 bits per heavy atom. The molecule has 2 aromatic carbocycles. The first-order valence-electron chi connectivity index (χ1n) is 8.17. The average Bonchev–Trinajstić information content (AvgIpc) is 2.62. The van der Waals surface area contributed by atoms with Crippen LogP contribution in [0.1, 0.15) is 23.6 Å². The molecule has 0 saturated carbocycles. The highest BCUT2D eigenvalue weighted by Gasteiger charge is 2.16. The van der Waals surface area contributed by atoms with Gasteiger partial charge in [-0.25, -0.2) is 0 Å². The fourth-order valence-corrected chi connectivity index (χ4v) is 2.40. The van der Waals surface area contributed by atoms with Gasteiger partial charge < -0.3 is 19.5 Å². The summed E-state index contributed by atoms with van der Waals surface area (Å²) in [4.78, 5) is 12.3. The predicted octanol–water partition coefficient (Wildman–Crippen LogP) is 3.40. The highest BCUT2D eigenvalue weighted by molar-refractivity contribution is 5.80. The third kappa shape index (κ3) is 4.89. The Labute approximate surface area is 148 Å². The van der Waals surface area contributed by atoms with Crippen molar-refractivity contribution in [2.24, 2.45) is 0 Å². The van der Waals surface area contributed by atoms with Gasteiger partial charge in [-0.15, -0.1) is 0 Å². The van der Waals surface area contributed by atoms with Crippen LogP contribution in [-0.2, 0) is 11.3 Å². The number of carbonyl (C=O) groups excluding carboxylic acids is 1. The number of methoxy groups -OCH3 is 2. The molecular weight excluding hydrogens is 318 g/mol. The normalized spacial score (nSPS) is 11.6. The van der Waals surface area contributed by atoms with Gasteiger partial charge in [0.15, 0.2) is 17.6 Å². The van der Waals surface area contributed by atoms with E-state index in [1.54, 1.807) is 21.1 Å². The van der Waals surface area contributed by atoms with Gasteiger partial charge in [-0.2, -0.15) is 0 Å². The van der Waals surface area contributed by atoms with Crippen molar-refractivity contribution in [1.29, 1.82) is 0 Å². The topological polar surface area (TPSA) is 56.8 Å². The Kier molecular flexibility index (Phi) is 6.28. The summed E-state index contributed by atoms with van der Waals surface area (Å²) in [6.07, 6.45) is -0.583. The lowest BCUT2D eigenvalue weighted by Crippen LogP contribution is -2.36. The lowest BCUT2D eigenvalue weighted by atomic mass is 10.1. The first kappa shape index (κ1) is 18.6. The summed E-state index contributed by atoms with van der Waals surface area (Å²) < 4.78 is 16.3. The molecule has 0 heterocycles. The van der Waals surface area contributed by atoms with Crippen LogP contribution in [-0.4, -0.2) is 26.2 Å². The third-order valence-corrected chi connectivity index (χ3v) is 3.93. The standard InChI is InChI=1S/C20H25NO4/c1-13-6-7-14(2)18(10-13)25-15(3)20(22)21-12-16-8-9-17(23-4)19(11-16)24-5/h6-11,15H,12H2,1-5H3,(H,21,22). The Hall–Kier alpha value is -2.69. The van der Waals surface area contributed by atoms with E-state index in [0.717, 1.165) is 22.4 Å². The largest absolute Gasteiger partial charge is 0.493 e. The Morgan fingerprint density at radius 3 is 2.40 bits per heavy atom. The van der Waals surface area contributed by atoms with Crippen molar-refractivity contribution >= 4 is 5.91 Å². The van der Waals surface area contributed by atoms with Crippen molar-refractivity contribution in [3.63, 3.8) is 0 Å². The van der Waals surface area contributed by atoms with Crippen molar-refractivity contribution in [2.45, 2.75) is 33.4 Å². The Bertz CT molecular complexity index is 742. The molecular formula is C20H25NO4. The summed E-state index contributed by atoms with van der Waals surface area (Å²) in [5, 5.41) is 2.88. The Morgan fingerprint density at radius 2 is 1.72 bits per heavy atom. The van der Waals surface area contributed by atoms with Crippen molar-refractivity contribution in [3.05, 3.63) is 53.1 Å². The van der Waals surface area contributed by atoms with Gasteiger partial charge in [0.2, 0.25) is 0 Å². The number of ether oxygens (including phenoxy) is 3. The number of benzene rings is 2. The maximum Gasteiger partial charge on any atom is 0.261 e. The van der Waals surface area contributed by atoms with E-state index in [-0.39, 0.29) is 5.91 Å². The van der Waals surface area contributed by atoms with Crippen LogP contribution in [0, 0.1) is 13.8 Å². The van der Waals surface area contributed by atoms with Gasteiger partial charge in [0.25, 0.3) is 5.91 Å². The molecule has 134 valence electrons. The van der Waals surface area contributed by atoms with Crippen LogP contribution in [0.5, 0.6) is 17.2 Å². The van der Waals surface area contributed by atoms with E-state index in [1.165, 1.54) is 0 Å². The molecule has 1 atom stereocenters. The highest BCUT2D eigenvalue weighted by Crippen LogP contribution is 2.27. The zero-order valence-corrected chi connectivity index (χ0v) is 15.4. The molecule has 0 saturated heterocycles. The fourth-order valence-electron chi connectivity index (χ4n) is 2.40. The second-order valence-electron chi connectivity index (χ2n) is 5.94. The molecule has 1 unspecified atom stereocenters. The molecule has 0 radical (unpaired) electrons. The van der Waals surface area contributed by atoms with Crippen LogP contribution in [0.2, 0.25) is 0 Å². The van der Waals surface area contributed by atoms with E-state index >= 15 is 0 Å². The van der Waals surface area contributed by atoms with Crippen molar-refractivity contribution in [1.82, 2.24) is 5.32 Å². The molecule has 0 spiro atoms. The summed E-state index contributed by atoms with van der Waals surface area (Å²) in [6.45, 7) is 6.09. The summed E-state index contributed by atoms with van der Waals surface area (Å²) in [5.41, 5.74) is 3.02. The maximum absolute atomic E-state index is 12.3. The van der Waals surface area contributed by atoms with E-state index < -0.39 is 6.10 Å². The summed E-state index contributed by atoms with van der Waals surface area (Å²) >= 11 is 0. The number of nitrogens with one attached hydrogen (secondary N) is 1. The SMILES string of the molecule is COc1ccc(CNC(=O)C(C)Oc2cc(C)ccc2C)cc1OC. The molecule has 0 bridgehead atoms. The van der Waals surface area contributed by atoms with E-state index in [4.69, 9.17) is 14.2 Å². The molecule has 1 amide bonds. The van der Waals surface area contributed by atoms with E-state index in [1.807, 2.05) is 50.2 Å². The second kappa shape index (κ2) is 8.42. The summed E-state index contributed by atoms with van der Waals surface area (Å²) in [6, 6.07) is 11.5. The number of rotatable bonds is 7. The third-order valence-electron chi connectivity index (χ3n) is 3.93. The number of hydrogen-bond donors (Lipinski definition) is 1. The predicted molar refractivity (Wildman–Crippen MR) is 97.4 cm³/mol. The minimum atomic E-state index is -0.583. The second-order valence-corrected chi connectivity index (χ2v) is 5.94. The van der Waals surface area contributed by atoms with Crippen LogP contribution in [0.3, 0.4) is 0 Å². The highest BCUT2D eigenvalue weighted by atomic mass is 16.5. The molecule has 5 nitrogen and oxygen atoms in total. The van der Waals surface area contributed by atoms with Crippen LogP contribution in [0.4, 0.5) is 0 Å². The molecule has 2 rings (SSSR count). The molecule has 0 aliphatic carbocycles. The fraction of sp³-hybridized carbons (Fsp3) is 0.350. The summed E-state index contributed by atoms with van der Waals surface area (Å²) in [7, 11) is 3.17. The molecule has 25 heavy (non-hydrogen) atoms. The quantitative estimate of drug-likeness (QED) is 0.837. The van der Waals surface area contributed by atoms with Gasteiger partial charge in [-0.1, -0.05) is 18.2 Å². The summed E-state index contributed by atoms with van der Waals surface area (Å²) in [5.74, 6) is 1.85. The van der Waals surface area contributed by atoms with E-state index in [2.05, 4.69) is 5.32 Å². The molecule has 2 aromatic rings. The monoisotopic (exact) mass is 343 g/mol. The number of amides is 1. The lowest BCUT2D eigenvalue weighted by Gasteiger charge is -2.17. The van der Waals surface area contributed by atoms with Gasteiger partial charge >= 0.3 is 0 Å². The van der Waals surface area contributed by atoms with Gasteiger partial charge in [-0.05, 0) is 55.7 Å². The van der Waals surface area contributed by atoms with Crippen LogP contribution >= 0.6 is 0 Å². The molecule has 0 aromatic heterocycles.